The van der Waals surface area contributed by atoms with Gasteiger partial charge in [0.05, 0.1) is 6.20 Å². The summed E-state index contributed by atoms with van der Waals surface area (Å²) in [6.07, 6.45) is 5.11. The molecule has 0 radical (unpaired) electrons. The molecule has 0 unspecified atom stereocenters. The standard InChI is InChI=1S/C12H18N4OS/c13-11-15-6-9(18-11)10(17)16-5-1-2-12(8-16)3-4-14-7-12/h6,14H,1-5,7-8H2,(H2,13,15)/t12-/m1/s1. The van der Waals surface area contributed by atoms with Crippen LogP contribution in [0.5, 0.6) is 0 Å². The van der Waals surface area contributed by atoms with Crippen molar-refractivity contribution in [1.82, 2.24) is 15.2 Å². The van der Waals surface area contributed by atoms with E-state index in [-0.39, 0.29) is 5.91 Å². The maximum Gasteiger partial charge on any atom is 0.265 e. The Morgan fingerprint density at radius 2 is 2.44 bits per heavy atom. The number of thiazole rings is 1. The van der Waals surface area contributed by atoms with Gasteiger partial charge in [-0.15, -0.1) is 0 Å². The Labute approximate surface area is 110 Å². The van der Waals surface area contributed by atoms with E-state index in [1.165, 1.54) is 24.2 Å². The van der Waals surface area contributed by atoms with E-state index in [1.54, 1.807) is 6.20 Å². The highest BCUT2D eigenvalue weighted by Crippen LogP contribution is 2.36. The number of piperidine rings is 1. The summed E-state index contributed by atoms with van der Waals surface area (Å²) in [4.78, 5) is 19.0. The number of hydrogen-bond acceptors (Lipinski definition) is 5. The number of amides is 1. The summed E-state index contributed by atoms with van der Waals surface area (Å²) in [5.41, 5.74) is 5.90. The molecule has 2 fully saturated rings. The third kappa shape index (κ3) is 2.10. The minimum Gasteiger partial charge on any atom is -0.375 e. The van der Waals surface area contributed by atoms with E-state index in [2.05, 4.69) is 10.3 Å². The van der Waals surface area contributed by atoms with Crippen LogP contribution < -0.4 is 11.1 Å². The molecule has 0 bridgehead atoms. The molecule has 98 valence electrons. The highest BCUT2D eigenvalue weighted by molar-refractivity contribution is 7.17. The van der Waals surface area contributed by atoms with Crippen molar-refractivity contribution in [3.05, 3.63) is 11.1 Å². The van der Waals surface area contributed by atoms with Gasteiger partial charge in [-0.2, -0.15) is 0 Å². The van der Waals surface area contributed by atoms with Gasteiger partial charge < -0.3 is 16.0 Å². The third-order valence-electron chi connectivity index (χ3n) is 4.02. The van der Waals surface area contributed by atoms with Crippen LogP contribution in [0, 0.1) is 5.41 Å². The van der Waals surface area contributed by atoms with E-state index in [4.69, 9.17) is 5.73 Å². The van der Waals surface area contributed by atoms with Crippen molar-refractivity contribution in [2.45, 2.75) is 19.3 Å². The lowest BCUT2D eigenvalue weighted by Crippen LogP contribution is -2.46. The molecule has 3 rings (SSSR count). The van der Waals surface area contributed by atoms with E-state index in [0.717, 1.165) is 32.6 Å². The van der Waals surface area contributed by atoms with Crippen LogP contribution in [0.3, 0.4) is 0 Å². The fourth-order valence-electron chi connectivity index (χ4n) is 3.07. The van der Waals surface area contributed by atoms with Crippen LogP contribution >= 0.6 is 11.3 Å². The highest BCUT2D eigenvalue weighted by Gasteiger charge is 2.39. The Bertz CT molecular complexity index is 453. The maximum atomic E-state index is 12.4. The molecular formula is C12H18N4OS. The second-order valence-corrected chi connectivity index (χ2v) is 6.38. The molecule has 0 aliphatic carbocycles. The lowest BCUT2D eigenvalue weighted by atomic mass is 9.79. The predicted molar refractivity (Wildman–Crippen MR) is 71.6 cm³/mol. The monoisotopic (exact) mass is 266 g/mol. The summed E-state index contributed by atoms with van der Waals surface area (Å²) in [7, 11) is 0. The van der Waals surface area contributed by atoms with Crippen molar-refractivity contribution in [1.29, 1.82) is 0 Å². The van der Waals surface area contributed by atoms with Gasteiger partial charge in [0.15, 0.2) is 5.13 Å². The number of nitrogens with one attached hydrogen (secondary N) is 1. The Morgan fingerprint density at radius 1 is 1.56 bits per heavy atom. The van der Waals surface area contributed by atoms with Gasteiger partial charge in [-0.1, -0.05) is 11.3 Å². The van der Waals surface area contributed by atoms with E-state index in [9.17, 15) is 4.79 Å². The zero-order valence-corrected chi connectivity index (χ0v) is 11.1. The first-order chi connectivity index (χ1) is 8.69. The number of nitrogens with two attached hydrogens (primary N) is 1. The van der Waals surface area contributed by atoms with Crippen molar-refractivity contribution >= 4 is 22.4 Å². The second-order valence-electron chi connectivity index (χ2n) is 5.32. The van der Waals surface area contributed by atoms with E-state index < -0.39 is 0 Å². The summed E-state index contributed by atoms with van der Waals surface area (Å²) in [5.74, 6) is 0.0928. The Kier molecular flexibility index (Phi) is 2.99. The number of likely N-dealkylation sites (tertiary alicyclic amines) is 1. The Balaban J connectivity index is 1.74. The number of aromatic nitrogens is 1. The van der Waals surface area contributed by atoms with E-state index in [0.29, 0.717) is 15.4 Å². The fraction of sp³-hybridized carbons (Fsp3) is 0.667. The van der Waals surface area contributed by atoms with E-state index >= 15 is 0 Å². The van der Waals surface area contributed by atoms with Gasteiger partial charge in [0.2, 0.25) is 0 Å². The first-order valence-electron chi connectivity index (χ1n) is 6.40. The Morgan fingerprint density at radius 3 is 3.11 bits per heavy atom. The zero-order valence-electron chi connectivity index (χ0n) is 10.3. The van der Waals surface area contributed by atoms with Crippen LogP contribution in [-0.2, 0) is 0 Å². The predicted octanol–water partition coefficient (Wildman–Crippen LogP) is 0.941. The topological polar surface area (TPSA) is 71.2 Å². The molecule has 2 aliphatic rings. The molecule has 1 atom stereocenters. The van der Waals surface area contributed by atoms with Crippen molar-refractivity contribution in [2.75, 3.05) is 31.9 Å². The summed E-state index contributed by atoms with van der Waals surface area (Å²) in [5, 5.41) is 3.88. The van der Waals surface area contributed by atoms with Crippen LogP contribution in [-0.4, -0.2) is 42.0 Å². The number of anilines is 1. The van der Waals surface area contributed by atoms with Crippen LogP contribution in [0.4, 0.5) is 5.13 Å². The number of nitrogens with zero attached hydrogens (tertiary/aromatic N) is 2. The van der Waals surface area contributed by atoms with Crippen molar-refractivity contribution in [2.24, 2.45) is 5.41 Å². The lowest BCUT2D eigenvalue weighted by molar-refractivity contribution is 0.0558. The molecule has 0 saturated carbocycles. The lowest BCUT2D eigenvalue weighted by Gasteiger charge is -2.39. The maximum absolute atomic E-state index is 12.4. The molecule has 18 heavy (non-hydrogen) atoms. The molecule has 6 heteroatoms. The summed E-state index contributed by atoms with van der Waals surface area (Å²) in [6.45, 7) is 3.85. The van der Waals surface area contributed by atoms with Crippen molar-refractivity contribution in [3.8, 4) is 0 Å². The molecular weight excluding hydrogens is 248 g/mol. The number of hydrogen-bond donors (Lipinski definition) is 2. The molecule has 2 aliphatic heterocycles. The molecule has 3 heterocycles. The molecule has 1 aromatic heterocycles. The molecule has 0 aromatic carbocycles. The second kappa shape index (κ2) is 4.51. The zero-order chi connectivity index (χ0) is 12.6. The molecule has 2 saturated heterocycles. The summed E-state index contributed by atoms with van der Waals surface area (Å²) in [6, 6.07) is 0. The Hall–Kier alpha value is -1.14. The number of rotatable bonds is 1. The third-order valence-corrected chi connectivity index (χ3v) is 4.83. The van der Waals surface area contributed by atoms with Crippen LogP contribution in [0.2, 0.25) is 0 Å². The van der Waals surface area contributed by atoms with E-state index in [1.807, 2.05) is 4.90 Å². The summed E-state index contributed by atoms with van der Waals surface area (Å²) >= 11 is 1.28. The first kappa shape index (κ1) is 11.9. The molecule has 1 spiro atoms. The van der Waals surface area contributed by atoms with Crippen molar-refractivity contribution < 1.29 is 4.79 Å². The molecule has 1 amide bonds. The molecule has 1 aromatic rings. The van der Waals surface area contributed by atoms with Crippen LogP contribution in [0.1, 0.15) is 28.9 Å². The normalized spacial score (nSPS) is 27.9. The average molecular weight is 266 g/mol. The SMILES string of the molecule is Nc1ncc(C(=O)N2CCC[C@]3(CCNC3)C2)s1. The van der Waals surface area contributed by atoms with Crippen LogP contribution in [0.25, 0.3) is 0 Å². The minimum absolute atomic E-state index is 0.0928. The average Bonchev–Trinajstić information content (AvgIpc) is 2.98. The van der Waals surface area contributed by atoms with Gasteiger partial charge in [-0.3, -0.25) is 4.79 Å². The first-order valence-corrected chi connectivity index (χ1v) is 7.22. The largest absolute Gasteiger partial charge is 0.375 e. The number of carbonyl (C=O) groups excluding carboxylic acids is 1. The molecule has 3 N–H and O–H groups in total. The quantitative estimate of drug-likeness (QED) is 0.793. The number of nitrogen functional groups attached to an aromatic ring is 1. The van der Waals surface area contributed by atoms with Gasteiger partial charge in [-0.25, -0.2) is 4.98 Å². The summed E-state index contributed by atoms with van der Waals surface area (Å²) < 4.78 is 0. The molecule has 5 nitrogen and oxygen atoms in total. The smallest absolute Gasteiger partial charge is 0.265 e. The van der Waals surface area contributed by atoms with Gasteiger partial charge in [-0.05, 0) is 25.8 Å². The van der Waals surface area contributed by atoms with Crippen molar-refractivity contribution in [3.63, 3.8) is 0 Å². The van der Waals surface area contributed by atoms with Gasteiger partial charge >= 0.3 is 0 Å². The minimum atomic E-state index is 0.0928. The fourth-order valence-corrected chi connectivity index (χ4v) is 3.72. The van der Waals surface area contributed by atoms with Crippen LogP contribution in [0.15, 0.2) is 6.20 Å². The van der Waals surface area contributed by atoms with Gasteiger partial charge in [0.1, 0.15) is 4.88 Å². The van der Waals surface area contributed by atoms with Gasteiger partial charge in [0.25, 0.3) is 5.91 Å². The van der Waals surface area contributed by atoms with Gasteiger partial charge in [0, 0.05) is 25.0 Å². The highest BCUT2D eigenvalue weighted by atomic mass is 32.1. The number of carbonyl (C=O) groups is 1.